The molecule has 0 unspecified atom stereocenters. The first-order valence-corrected chi connectivity index (χ1v) is 5.04. The highest BCUT2D eigenvalue weighted by Gasteiger charge is 2.19. The van der Waals surface area contributed by atoms with E-state index in [0.29, 0.717) is 11.3 Å². The molecule has 0 bridgehead atoms. The van der Waals surface area contributed by atoms with Gasteiger partial charge in [0, 0.05) is 18.7 Å². The Morgan fingerprint density at radius 3 is 2.67 bits per heavy atom. The van der Waals surface area contributed by atoms with Gasteiger partial charge in [0.2, 0.25) is 0 Å². The zero-order valence-electron chi connectivity index (χ0n) is 8.35. The molecule has 1 amide bonds. The highest BCUT2D eigenvalue weighted by molar-refractivity contribution is 5.95. The summed E-state index contributed by atoms with van der Waals surface area (Å²) in [6, 6.07) is 6.52. The molecule has 1 aliphatic heterocycles. The van der Waals surface area contributed by atoms with Crippen LogP contribution in [0.2, 0.25) is 0 Å². The van der Waals surface area contributed by atoms with Crippen LogP contribution in [-0.4, -0.2) is 23.9 Å². The van der Waals surface area contributed by atoms with Crippen LogP contribution in [0.5, 0.6) is 0 Å². The summed E-state index contributed by atoms with van der Waals surface area (Å²) in [5.41, 5.74) is 0.856. The average molecular weight is 204 g/mol. The lowest BCUT2D eigenvalue weighted by atomic mass is 10.2. The van der Waals surface area contributed by atoms with Crippen molar-refractivity contribution in [3.8, 4) is 0 Å². The van der Waals surface area contributed by atoms with Crippen molar-refractivity contribution < 1.29 is 4.79 Å². The third-order valence-corrected chi connectivity index (χ3v) is 2.59. The van der Waals surface area contributed by atoms with Crippen LogP contribution in [0.4, 0.5) is 5.69 Å². The van der Waals surface area contributed by atoms with Crippen LogP contribution in [0, 0.1) is 4.91 Å². The van der Waals surface area contributed by atoms with Crippen molar-refractivity contribution in [3.05, 3.63) is 34.7 Å². The number of nitrogens with zero attached hydrogens (tertiary/aromatic N) is 2. The largest absolute Gasteiger partial charge is 0.339 e. The Bertz CT molecular complexity index is 384. The Balaban J connectivity index is 2.20. The van der Waals surface area contributed by atoms with Gasteiger partial charge >= 0.3 is 0 Å². The van der Waals surface area contributed by atoms with E-state index in [1.807, 2.05) is 4.90 Å². The second-order valence-electron chi connectivity index (χ2n) is 3.64. The van der Waals surface area contributed by atoms with Gasteiger partial charge in [-0.3, -0.25) is 4.79 Å². The van der Waals surface area contributed by atoms with Gasteiger partial charge in [-0.15, -0.1) is 4.91 Å². The predicted molar refractivity (Wildman–Crippen MR) is 57.0 cm³/mol. The van der Waals surface area contributed by atoms with Crippen molar-refractivity contribution in [2.24, 2.45) is 5.18 Å². The standard InChI is InChI=1S/C11H12N2O2/c14-11(13-6-1-2-7-13)9-4-3-5-10(8-9)12-15/h3-5,8H,1-2,6-7H2. The number of benzene rings is 1. The van der Waals surface area contributed by atoms with Gasteiger partial charge in [-0.05, 0) is 36.2 Å². The summed E-state index contributed by atoms with van der Waals surface area (Å²) in [7, 11) is 0. The summed E-state index contributed by atoms with van der Waals surface area (Å²) < 4.78 is 0. The lowest BCUT2D eigenvalue weighted by Gasteiger charge is -2.14. The minimum atomic E-state index is -0.00185. The summed E-state index contributed by atoms with van der Waals surface area (Å²) in [6.07, 6.45) is 2.13. The minimum absolute atomic E-state index is 0.00185. The number of carbonyl (C=O) groups is 1. The fourth-order valence-electron chi connectivity index (χ4n) is 1.80. The summed E-state index contributed by atoms with van der Waals surface area (Å²) in [4.78, 5) is 24.0. The monoisotopic (exact) mass is 204 g/mol. The van der Waals surface area contributed by atoms with E-state index in [1.54, 1.807) is 18.2 Å². The van der Waals surface area contributed by atoms with E-state index in [4.69, 9.17) is 0 Å². The lowest BCUT2D eigenvalue weighted by Crippen LogP contribution is -2.27. The van der Waals surface area contributed by atoms with E-state index in [1.165, 1.54) is 6.07 Å². The Kier molecular flexibility index (Phi) is 2.76. The quantitative estimate of drug-likeness (QED) is 0.694. The molecule has 4 heteroatoms. The van der Waals surface area contributed by atoms with Gasteiger partial charge in [0.05, 0.1) is 0 Å². The molecule has 0 aliphatic carbocycles. The molecule has 1 fully saturated rings. The zero-order valence-corrected chi connectivity index (χ0v) is 8.35. The van der Waals surface area contributed by atoms with Crippen molar-refractivity contribution in [2.75, 3.05) is 13.1 Å². The Hall–Kier alpha value is -1.71. The van der Waals surface area contributed by atoms with Gasteiger partial charge in [-0.2, -0.15) is 0 Å². The highest BCUT2D eigenvalue weighted by atomic mass is 16.3. The average Bonchev–Trinajstić information content (AvgIpc) is 2.81. The van der Waals surface area contributed by atoms with Crippen molar-refractivity contribution in [1.82, 2.24) is 4.90 Å². The SMILES string of the molecule is O=Nc1cccc(C(=O)N2CCCC2)c1. The van der Waals surface area contributed by atoms with Gasteiger partial charge in [-0.25, -0.2) is 0 Å². The van der Waals surface area contributed by atoms with Crippen LogP contribution in [-0.2, 0) is 0 Å². The van der Waals surface area contributed by atoms with Crippen LogP contribution < -0.4 is 0 Å². The third kappa shape index (κ3) is 2.03. The van der Waals surface area contributed by atoms with Crippen molar-refractivity contribution in [1.29, 1.82) is 0 Å². The molecule has 0 aromatic heterocycles. The Labute approximate surface area is 87.9 Å². The number of hydrogen-bond acceptors (Lipinski definition) is 3. The minimum Gasteiger partial charge on any atom is -0.339 e. The maximum Gasteiger partial charge on any atom is 0.253 e. The summed E-state index contributed by atoms with van der Waals surface area (Å²) >= 11 is 0. The third-order valence-electron chi connectivity index (χ3n) is 2.59. The molecule has 0 N–H and O–H groups in total. The molecule has 0 radical (unpaired) electrons. The van der Waals surface area contributed by atoms with Crippen LogP contribution in [0.15, 0.2) is 29.4 Å². The topological polar surface area (TPSA) is 49.7 Å². The van der Waals surface area contributed by atoms with Crippen LogP contribution in [0.25, 0.3) is 0 Å². The molecular weight excluding hydrogens is 192 g/mol. The second-order valence-corrected chi connectivity index (χ2v) is 3.64. The maximum absolute atomic E-state index is 11.9. The molecule has 0 spiro atoms. The molecule has 15 heavy (non-hydrogen) atoms. The van der Waals surface area contributed by atoms with Gasteiger partial charge in [0.15, 0.2) is 0 Å². The van der Waals surface area contributed by atoms with Gasteiger partial charge in [0.25, 0.3) is 5.91 Å². The molecule has 0 atom stereocenters. The van der Waals surface area contributed by atoms with E-state index in [-0.39, 0.29) is 5.91 Å². The zero-order chi connectivity index (χ0) is 10.7. The second kappa shape index (κ2) is 4.21. The first-order valence-electron chi connectivity index (χ1n) is 5.04. The van der Waals surface area contributed by atoms with Crippen molar-refractivity contribution in [3.63, 3.8) is 0 Å². The van der Waals surface area contributed by atoms with Crippen molar-refractivity contribution in [2.45, 2.75) is 12.8 Å². The molecule has 1 aliphatic rings. The summed E-state index contributed by atoms with van der Waals surface area (Å²) in [5.74, 6) is -0.00185. The smallest absolute Gasteiger partial charge is 0.253 e. The predicted octanol–water partition coefficient (Wildman–Crippen LogP) is 2.32. The molecule has 1 heterocycles. The van der Waals surface area contributed by atoms with E-state index in [0.717, 1.165) is 25.9 Å². The summed E-state index contributed by atoms with van der Waals surface area (Å²) in [6.45, 7) is 1.63. The maximum atomic E-state index is 11.9. The fourth-order valence-corrected chi connectivity index (χ4v) is 1.80. The number of hydrogen-bond donors (Lipinski definition) is 0. The first kappa shape index (κ1) is 9.83. The molecule has 0 saturated carbocycles. The first-order chi connectivity index (χ1) is 7.31. The molecule has 1 saturated heterocycles. The number of rotatable bonds is 2. The van der Waals surface area contributed by atoms with Crippen LogP contribution in [0.1, 0.15) is 23.2 Å². The Morgan fingerprint density at radius 2 is 2.00 bits per heavy atom. The van der Waals surface area contributed by atoms with Crippen LogP contribution in [0.3, 0.4) is 0 Å². The molecule has 1 aromatic carbocycles. The van der Waals surface area contributed by atoms with Crippen LogP contribution >= 0.6 is 0 Å². The van der Waals surface area contributed by atoms with E-state index in [9.17, 15) is 9.70 Å². The van der Waals surface area contributed by atoms with E-state index < -0.39 is 0 Å². The normalized spacial score (nSPS) is 15.3. The molecule has 1 aromatic rings. The molecule has 4 nitrogen and oxygen atoms in total. The van der Waals surface area contributed by atoms with Gasteiger partial charge in [-0.1, -0.05) is 6.07 Å². The summed E-state index contributed by atoms with van der Waals surface area (Å²) in [5, 5.41) is 2.82. The molecule has 78 valence electrons. The van der Waals surface area contributed by atoms with E-state index >= 15 is 0 Å². The number of carbonyl (C=O) groups excluding carboxylic acids is 1. The number of likely N-dealkylation sites (tertiary alicyclic amines) is 1. The molecule has 2 rings (SSSR count). The van der Waals surface area contributed by atoms with Gasteiger partial charge < -0.3 is 4.90 Å². The van der Waals surface area contributed by atoms with Gasteiger partial charge in [0.1, 0.15) is 5.69 Å². The highest BCUT2D eigenvalue weighted by Crippen LogP contribution is 2.17. The number of nitroso groups, excluding NO2 is 1. The fraction of sp³-hybridized carbons (Fsp3) is 0.364. The Morgan fingerprint density at radius 1 is 1.27 bits per heavy atom. The lowest BCUT2D eigenvalue weighted by molar-refractivity contribution is 0.0793. The number of amides is 1. The van der Waals surface area contributed by atoms with E-state index in [2.05, 4.69) is 5.18 Å². The molecular formula is C11H12N2O2. The van der Waals surface area contributed by atoms with Crippen molar-refractivity contribution >= 4 is 11.6 Å².